The van der Waals surface area contributed by atoms with Gasteiger partial charge in [-0.05, 0) is 35.4 Å². The molecule has 29 heavy (non-hydrogen) atoms. The zero-order valence-corrected chi connectivity index (χ0v) is 15.5. The number of imide groups is 1. The normalized spacial score (nSPS) is 19.1. The monoisotopic (exact) mass is 388 g/mol. The van der Waals surface area contributed by atoms with E-state index in [9.17, 15) is 9.59 Å². The second kappa shape index (κ2) is 6.30. The van der Waals surface area contributed by atoms with Gasteiger partial charge in [-0.3, -0.25) is 9.69 Å². The lowest BCUT2D eigenvalue weighted by molar-refractivity contribution is -0.131. The number of furan rings is 1. The van der Waals surface area contributed by atoms with Gasteiger partial charge in [0.2, 0.25) is 5.89 Å². The molecule has 4 aromatic rings. The summed E-state index contributed by atoms with van der Waals surface area (Å²) in [5, 5.41) is 12.6. The van der Waals surface area contributed by atoms with Crippen molar-refractivity contribution in [2.45, 2.75) is 19.0 Å². The Morgan fingerprint density at radius 3 is 2.69 bits per heavy atom. The van der Waals surface area contributed by atoms with Crippen LogP contribution >= 0.6 is 0 Å². The average Bonchev–Trinajstić information content (AvgIpc) is 3.46. The molecule has 0 saturated carbocycles. The fourth-order valence-corrected chi connectivity index (χ4v) is 3.64. The zero-order chi connectivity index (χ0) is 20.0. The Balaban J connectivity index is 1.47. The molecule has 2 aromatic carbocycles. The maximum Gasteiger partial charge on any atom is 0.325 e. The van der Waals surface area contributed by atoms with Crippen molar-refractivity contribution in [2.24, 2.45) is 0 Å². The summed E-state index contributed by atoms with van der Waals surface area (Å²) >= 11 is 0. The molecule has 0 bridgehead atoms. The number of hydrogen-bond acceptors (Lipinski definition) is 6. The molecule has 144 valence electrons. The number of nitrogens with one attached hydrogen (secondary N) is 1. The number of benzene rings is 2. The molecule has 0 aliphatic carbocycles. The van der Waals surface area contributed by atoms with Gasteiger partial charge in [0.05, 0.1) is 6.26 Å². The highest BCUT2D eigenvalue weighted by Gasteiger charge is 2.50. The lowest BCUT2D eigenvalue weighted by Gasteiger charge is -2.23. The van der Waals surface area contributed by atoms with Gasteiger partial charge < -0.3 is 14.2 Å². The summed E-state index contributed by atoms with van der Waals surface area (Å²) in [6.45, 7) is 1.58. The van der Waals surface area contributed by atoms with Crippen molar-refractivity contribution in [3.8, 4) is 11.7 Å². The molecule has 1 N–H and O–H groups in total. The van der Waals surface area contributed by atoms with Crippen molar-refractivity contribution in [2.75, 3.05) is 0 Å². The summed E-state index contributed by atoms with van der Waals surface area (Å²) in [5.41, 5.74) is -0.458. The molecule has 1 saturated heterocycles. The Hall–Kier alpha value is -3.94. The first-order valence-electron chi connectivity index (χ1n) is 9.05. The SMILES string of the molecule is C[C@@]1(c2cccc3ccccc23)NC(=O)N(Cc2nnc(-c3ccco3)o2)C1=O. The maximum atomic E-state index is 13.3. The van der Waals surface area contributed by atoms with E-state index in [2.05, 4.69) is 15.5 Å². The molecule has 1 atom stereocenters. The van der Waals surface area contributed by atoms with Crippen LogP contribution in [0.2, 0.25) is 0 Å². The molecule has 5 rings (SSSR count). The number of amides is 3. The van der Waals surface area contributed by atoms with E-state index in [0.717, 1.165) is 21.2 Å². The van der Waals surface area contributed by atoms with Crippen LogP contribution in [0.3, 0.4) is 0 Å². The molecule has 0 spiro atoms. The summed E-state index contributed by atoms with van der Waals surface area (Å²) in [5.74, 6) is 0.370. The van der Waals surface area contributed by atoms with Crippen molar-refractivity contribution < 1.29 is 18.4 Å². The molecule has 1 fully saturated rings. The molecule has 1 aliphatic rings. The fraction of sp³-hybridized carbons (Fsp3) is 0.143. The van der Waals surface area contributed by atoms with E-state index in [-0.39, 0.29) is 24.2 Å². The van der Waals surface area contributed by atoms with E-state index in [0.29, 0.717) is 5.76 Å². The van der Waals surface area contributed by atoms with Gasteiger partial charge in [0, 0.05) is 0 Å². The number of hydrogen-bond donors (Lipinski definition) is 1. The first-order valence-corrected chi connectivity index (χ1v) is 9.05. The number of rotatable bonds is 4. The lowest BCUT2D eigenvalue weighted by Crippen LogP contribution is -2.41. The predicted molar refractivity (Wildman–Crippen MR) is 102 cm³/mol. The molecule has 8 nitrogen and oxygen atoms in total. The largest absolute Gasteiger partial charge is 0.459 e. The van der Waals surface area contributed by atoms with Gasteiger partial charge in [0.1, 0.15) is 12.1 Å². The van der Waals surface area contributed by atoms with Crippen molar-refractivity contribution >= 4 is 22.7 Å². The Labute approximate surface area is 165 Å². The Kier molecular flexibility index (Phi) is 3.73. The lowest BCUT2D eigenvalue weighted by atomic mass is 9.88. The first-order chi connectivity index (χ1) is 14.1. The number of nitrogens with zero attached hydrogens (tertiary/aromatic N) is 3. The van der Waals surface area contributed by atoms with Crippen molar-refractivity contribution in [3.63, 3.8) is 0 Å². The second-order valence-electron chi connectivity index (χ2n) is 6.95. The second-order valence-corrected chi connectivity index (χ2v) is 6.95. The fourth-order valence-electron chi connectivity index (χ4n) is 3.64. The topological polar surface area (TPSA) is 101 Å². The molecule has 2 aromatic heterocycles. The van der Waals surface area contributed by atoms with Crippen LogP contribution in [0.15, 0.2) is 69.7 Å². The maximum absolute atomic E-state index is 13.3. The van der Waals surface area contributed by atoms with Crippen molar-refractivity contribution in [1.29, 1.82) is 0 Å². The number of carbonyl (C=O) groups excluding carboxylic acids is 2. The summed E-state index contributed by atoms with van der Waals surface area (Å²) in [6, 6.07) is 16.3. The summed E-state index contributed by atoms with van der Waals surface area (Å²) in [4.78, 5) is 27.0. The van der Waals surface area contributed by atoms with Gasteiger partial charge in [-0.1, -0.05) is 42.5 Å². The minimum atomic E-state index is -1.19. The summed E-state index contributed by atoms with van der Waals surface area (Å²) in [7, 11) is 0. The molecular formula is C21H16N4O4. The van der Waals surface area contributed by atoms with Crippen molar-refractivity contribution in [1.82, 2.24) is 20.4 Å². The quantitative estimate of drug-likeness (QED) is 0.537. The zero-order valence-electron chi connectivity index (χ0n) is 15.5. The third-order valence-corrected chi connectivity index (χ3v) is 5.10. The minimum absolute atomic E-state index is 0.126. The number of carbonyl (C=O) groups is 2. The highest BCUT2D eigenvalue weighted by atomic mass is 16.4. The van der Waals surface area contributed by atoms with Gasteiger partial charge in [-0.25, -0.2) is 4.79 Å². The smallest absolute Gasteiger partial charge is 0.325 e. The van der Waals surface area contributed by atoms with Crippen LogP contribution in [-0.2, 0) is 16.9 Å². The summed E-state index contributed by atoms with van der Waals surface area (Å²) in [6.07, 6.45) is 1.49. The molecule has 0 unspecified atom stereocenters. The Bertz CT molecular complexity index is 1230. The molecule has 8 heteroatoms. The summed E-state index contributed by atoms with van der Waals surface area (Å²) < 4.78 is 10.8. The van der Waals surface area contributed by atoms with Crippen LogP contribution in [0.1, 0.15) is 18.4 Å². The van der Waals surface area contributed by atoms with Crippen LogP contribution in [0, 0.1) is 0 Å². The van der Waals surface area contributed by atoms with Gasteiger partial charge in [-0.2, -0.15) is 0 Å². The van der Waals surface area contributed by atoms with Crippen molar-refractivity contribution in [3.05, 3.63) is 72.3 Å². The first kappa shape index (κ1) is 17.2. The van der Waals surface area contributed by atoms with E-state index in [1.807, 2.05) is 42.5 Å². The van der Waals surface area contributed by atoms with Crippen LogP contribution in [0.5, 0.6) is 0 Å². The van der Waals surface area contributed by atoms with Crippen LogP contribution in [0.4, 0.5) is 4.79 Å². The Morgan fingerprint density at radius 1 is 1.03 bits per heavy atom. The van der Waals surface area contributed by atoms with Gasteiger partial charge in [0.15, 0.2) is 5.76 Å². The standard InChI is InChI=1S/C21H16N4O4/c1-21(15-9-4-7-13-6-2-3-8-14(13)15)19(26)25(20(27)22-21)12-17-23-24-18(29-17)16-10-5-11-28-16/h2-11H,12H2,1H3,(H,22,27)/t21-/m0/s1. The number of aromatic nitrogens is 2. The highest BCUT2D eigenvalue weighted by molar-refractivity contribution is 6.09. The van der Waals surface area contributed by atoms with Gasteiger partial charge in [-0.15, -0.1) is 10.2 Å². The van der Waals surface area contributed by atoms with Gasteiger partial charge in [0.25, 0.3) is 11.8 Å². The number of fused-ring (bicyclic) bond motifs is 1. The average molecular weight is 388 g/mol. The molecule has 1 aliphatic heterocycles. The van der Waals surface area contributed by atoms with Crippen LogP contribution in [-0.4, -0.2) is 27.0 Å². The van der Waals surface area contributed by atoms with E-state index < -0.39 is 11.6 Å². The van der Waals surface area contributed by atoms with E-state index in [1.165, 1.54) is 6.26 Å². The molecule has 3 heterocycles. The Morgan fingerprint density at radius 2 is 1.86 bits per heavy atom. The predicted octanol–water partition coefficient (Wildman–Crippen LogP) is 3.45. The van der Waals surface area contributed by atoms with E-state index in [4.69, 9.17) is 8.83 Å². The molecule has 0 radical (unpaired) electrons. The van der Waals surface area contributed by atoms with Gasteiger partial charge >= 0.3 is 6.03 Å². The van der Waals surface area contributed by atoms with Crippen LogP contribution in [0.25, 0.3) is 22.4 Å². The number of urea groups is 1. The van der Waals surface area contributed by atoms with E-state index in [1.54, 1.807) is 19.1 Å². The highest BCUT2D eigenvalue weighted by Crippen LogP contribution is 2.34. The van der Waals surface area contributed by atoms with Crippen LogP contribution < -0.4 is 5.32 Å². The van der Waals surface area contributed by atoms with E-state index >= 15 is 0 Å². The molecular weight excluding hydrogens is 372 g/mol. The third kappa shape index (κ3) is 2.68. The minimum Gasteiger partial charge on any atom is -0.459 e. The molecule has 3 amide bonds. The third-order valence-electron chi connectivity index (χ3n) is 5.10.